The summed E-state index contributed by atoms with van der Waals surface area (Å²) in [6, 6.07) is 0. The van der Waals surface area contributed by atoms with Crippen LogP contribution in [0.2, 0.25) is 0 Å². The number of unbranched alkanes of at least 4 members (excludes halogenated alkanes) is 1. The van der Waals surface area contributed by atoms with Crippen molar-refractivity contribution in [1.29, 1.82) is 0 Å². The highest BCUT2D eigenvalue weighted by Crippen LogP contribution is 2.21. The average molecular weight is 235 g/mol. The Morgan fingerprint density at radius 3 is 2.75 bits per heavy atom. The Hall–Kier alpha value is -1.53. The van der Waals surface area contributed by atoms with Gasteiger partial charge in [0, 0.05) is 19.2 Å². The van der Waals surface area contributed by atoms with Crippen LogP contribution in [0.5, 0.6) is 0 Å². The minimum Gasteiger partial charge on any atom is -0.352 e. The van der Waals surface area contributed by atoms with E-state index >= 15 is 0 Å². The molecule has 0 aliphatic heterocycles. The first-order valence-electron chi connectivity index (χ1n) is 4.83. The molecule has 7 heteroatoms. The lowest BCUT2D eigenvalue weighted by Crippen LogP contribution is -2.24. The van der Waals surface area contributed by atoms with Gasteiger partial charge in [-0.05, 0) is 12.8 Å². The Morgan fingerprint density at radius 1 is 1.44 bits per heavy atom. The molecule has 0 fully saturated rings. The van der Waals surface area contributed by atoms with Crippen LogP contribution in [0.1, 0.15) is 29.6 Å². The summed E-state index contributed by atoms with van der Waals surface area (Å²) in [6.07, 6.45) is -1.82. The molecule has 2 N–H and O–H groups in total. The van der Waals surface area contributed by atoms with E-state index in [0.717, 1.165) is 0 Å². The Kier molecular flexibility index (Phi) is 4.33. The van der Waals surface area contributed by atoms with Crippen molar-refractivity contribution in [2.24, 2.45) is 0 Å². The predicted octanol–water partition coefficient (Wildman–Crippen LogP) is 1.87. The Bertz CT molecular complexity index is 321. The summed E-state index contributed by atoms with van der Waals surface area (Å²) in [5, 5.41) is 8.56. The summed E-state index contributed by atoms with van der Waals surface area (Å²) in [5.41, 5.74) is 0.371. The normalized spacial score (nSPS) is 11.4. The van der Waals surface area contributed by atoms with Crippen molar-refractivity contribution in [3.8, 4) is 0 Å². The van der Waals surface area contributed by atoms with E-state index in [-0.39, 0.29) is 18.9 Å². The van der Waals surface area contributed by atoms with Crippen molar-refractivity contribution in [3.05, 3.63) is 18.0 Å². The zero-order chi connectivity index (χ0) is 12.0. The molecule has 1 heterocycles. The first kappa shape index (κ1) is 12.5. The van der Waals surface area contributed by atoms with Crippen LogP contribution in [0, 0.1) is 0 Å². The fourth-order valence-corrected chi connectivity index (χ4v) is 1.13. The van der Waals surface area contributed by atoms with E-state index in [0.29, 0.717) is 12.0 Å². The van der Waals surface area contributed by atoms with Crippen molar-refractivity contribution >= 4 is 5.91 Å². The molecule has 1 amide bonds. The number of rotatable bonds is 5. The molecule has 0 atom stereocenters. The zero-order valence-corrected chi connectivity index (χ0v) is 8.47. The van der Waals surface area contributed by atoms with Crippen LogP contribution < -0.4 is 5.32 Å². The van der Waals surface area contributed by atoms with Crippen LogP contribution in [0.15, 0.2) is 12.4 Å². The van der Waals surface area contributed by atoms with Gasteiger partial charge >= 0.3 is 6.18 Å². The van der Waals surface area contributed by atoms with E-state index in [9.17, 15) is 18.0 Å². The van der Waals surface area contributed by atoms with Gasteiger partial charge in [0.05, 0.1) is 11.8 Å². The predicted molar refractivity (Wildman–Crippen MR) is 50.8 cm³/mol. The number of nitrogens with one attached hydrogen (secondary N) is 2. The molecule has 4 nitrogen and oxygen atoms in total. The number of nitrogens with zero attached hydrogens (tertiary/aromatic N) is 1. The van der Waals surface area contributed by atoms with Gasteiger partial charge in [0.2, 0.25) is 0 Å². The summed E-state index contributed by atoms with van der Waals surface area (Å²) >= 11 is 0. The van der Waals surface area contributed by atoms with Gasteiger partial charge in [0.25, 0.3) is 5.91 Å². The van der Waals surface area contributed by atoms with E-state index in [2.05, 4.69) is 15.5 Å². The van der Waals surface area contributed by atoms with E-state index < -0.39 is 12.6 Å². The van der Waals surface area contributed by atoms with Crippen molar-refractivity contribution in [2.75, 3.05) is 6.54 Å². The van der Waals surface area contributed by atoms with Crippen LogP contribution in [0.3, 0.4) is 0 Å². The lowest BCUT2D eigenvalue weighted by Gasteiger charge is -2.06. The third-order valence-electron chi connectivity index (χ3n) is 1.93. The molecule has 16 heavy (non-hydrogen) atoms. The molecule has 0 saturated heterocycles. The number of carbonyl (C=O) groups is 1. The Morgan fingerprint density at radius 2 is 2.19 bits per heavy atom. The Labute approximate surface area is 90.2 Å². The summed E-state index contributed by atoms with van der Waals surface area (Å²) in [7, 11) is 0. The molecule has 1 aromatic rings. The topological polar surface area (TPSA) is 57.8 Å². The molecule has 0 aliphatic carbocycles. The number of halogens is 3. The molecule has 0 unspecified atom stereocenters. The number of aromatic amines is 1. The monoisotopic (exact) mass is 235 g/mol. The van der Waals surface area contributed by atoms with Crippen LogP contribution in [0.25, 0.3) is 0 Å². The molecule has 0 spiro atoms. The highest BCUT2D eigenvalue weighted by Gasteiger charge is 2.25. The van der Waals surface area contributed by atoms with Crippen molar-refractivity contribution in [3.63, 3.8) is 0 Å². The smallest absolute Gasteiger partial charge is 0.352 e. The minimum atomic E-state index is -4.12. The van der Waals surface area contributed by atoms with Gasteiger partial charge in [-0.25, -0.2) is 0 Å². The zero-order valence-electron chi connectivity index (χ0n) is 8.47. The minimum absolute atomic E-state index is 0.0230. The van der Waals surface area contributed by atoms with Gasteiger partial charge in [-0.3, -0.25) is 9.89 Å². The number of carbonyl (C=O) groups excluding carboxylic acids is 1. The van der Waals surface area contributed by atoms with E-state index in [1.54, 1.807) is 0 Å². The molecule has 0 saturated carbocycles. The van der Waals surface area contributed by atoms with E-state index in [1.165, 1.54) is 12.4 Å². The lowest BCUT2D eigenvalue weighted by molar-refractivity contribution is -0.135. The highest BCUT2D eigenvalue weighted by atomic mass is 19.4. The average Bonchev–Trinajstić information content (AvgIpc) is 2.67. The van der Waals surface area contributed by atoms with Crippen LogP contribution in [-0.2, 0) is 0 Å². The number of H-pyrrole nitrogens is 1. The second-order valence-corrected chi connectivity index (χ2v) is 3.32. The molecule has 0 bridgehead atoms. The molecule has 1 aromatic heterocycles. The Balaban J connectivity index is 2.10. The number of amides is 1. The maximum absolute atomic E-state index is 11.8. The van der Waals surface area contributed by atoms with Crippen molar-refractivity contribution in [2.45, 2.75) is 25.4 Å². The van der Waals surface area contributed by atoms with Gasteiger partial charge < -0.3 is 5.32 Å². The standard InChI is InChI=1S/C9H12F3N3O/c10-9(11,12)3-1-2-4-13-8(16)7-5-14-15-6-7/h5-6H,1-4H2,(H,13,16)(H,14,15). The van der Waals surface area contributed by atoms with Crippen LogP contribution in [0.4, 0.5) is 13.2 Å². The fourth-order valence-electron chi connectivity index (χ4n) is 1.13. The second kappa shape index (κ2) is 5.53. The van der Waals surface area contributed by atoms with Crippen LogP contribution >= 0.6 is 0 Å². The van der Waals surface area contributed by atoms with Crippen molar-refractivity contribution < 1.29 is 18.0 Å². The number of alkyl halides is 3. The van der Waals surface area contributed by atoms with Gasteiger partial charge in [0.1, 0.15) is 0 Å². The van der Waals surface area contributed by atoms with Gasteiger partial charge in [-0.15, -0.1) is 0 Å². The maximum atomic E-state index is 11.8. The molecular weight excluding hydrogens is 223 g/mol. The molecule has 0 aliphatic rings. The second-order valence-electron chi connectivity index (χ2n) is 3.32. The third kappa shape index (κ3) is 4.81. The van der Waals surface area contributed by atoms with Gasteiger partial charge in [-0.2, -0.15) is 18.3 Å². The van der Waals surface area contributed by atoms with E-state index in [4.69, 9.17) is 0 Å². The van der Waals surface area contributed by atoms with Gasteiger partial charge in [0.15, 0.2) is 0 Å². The SMILES string of the molecule is O=C(NCCCCC(F)(F)F)c1cn[nH]c1. The molecule has 0 aromatic carbocycles. The fraction of sp³-hybridized carbons (Fsp3) is 0.556. The summed E-state index contributed by atoms with van der Waals surface area (Å²) in [4.78, 5) is 11.3. The maximum Gasteiger partial charge on any atom is 0.389 e. The molecule has 0 radical (unpaired) electrons. The summed E-state index contributed by atoms with van der Waals surface area (Å²) in [6.45, 7) is 0.236. The van der Waals surface area contributed by atoms with E-state index in [1.807, 2.05) is 0 Å². The van der Waals surface area contributed by atoms with Crippen molar-refractivity contribution in [1.82, 2.24) is 15.5 Å². The number of hydrogen-bond donors (Lipinski definition) is 2. The number of hydrogen-bond acceptors (Lipinski definition) is 2. The molecule has 1 rings (SSSR count). The lowest BCUT2D eigenvalue weighted by atomic mass is 10.2. The highest BCUT2D eigenvalue weighted by molar-refractivity contribution is 5.93. The largest absolute Gasteiger partial charge is 0.389 e. The molecule has 90 valence electrons. The van der Waals surface area contributed by atoms with Crippen LogP contribution in [-0.4, -0.2) is 28.8 Å². The third-order valence-corrected chi connectivity index (χ3v) is 1.93. The summed E-state index contributed by atoms with van der Waals surface area (Å²) < 4.78 is 35.3. The first-order chi connectivity index (χ1) is 7.49. The quantitative estimate of drug-likeness (QED) is 0.765. The number of aromatic nitrogens is 2. The first-order valence-corrected chi connectivity index (χ1v) is 4.83. The van der Waals surface area contributed by atoms with Gasteiger partial charge in [-0.1, -0.05) is 0 Å². The molecular formula is C9H12F3N3O. The summed E-state index contributed by atoms with van der Waals surface area (Å²) in [5.74, 6) is -0.333.